The Balaban J connectivity index is 0.00000144. The van der Waals surface area contributed by atoms with Crippen LogP contribution in [0.5, 0.6) is 0 Å². The summed E-state index contributed by atoms with van der Waals surface area (Å²) in [6, 6.07) is 10.3. The minimum atomic E-state index is -0.394. The zero-order valence-corrected chi connectivity index (χ0v) is 8.49. The first-order valence-corrected chi connectivity index (χ1v) is 3.99. The average Bonchev–Trinajstić information content (AvgIpc) is 2.05. The van der Waals surface area contributed by atoms with Crippen molar-refractivity contribution in [3.8, 4) is 0 Å². The Morgan fingerprint density at radius 3 is 2.38 bits per heavy atom. The Kier molecular flexibility index (Phi) is 6.10. The number of nitrogens with zero attached hydrogens (tertiary/aromatic N) is 1. The third kappa shape index (κ3) is 4.49. The van der Waals surface area contributed by atoms with Crippen molar-refractivity contribution in [3.05, 3.63) is 35.9 Å². The number of benzene rings is 1. The van der Waals surface area contributed by atoms with Crippen molar-refractivity contribution in [1.29, 1.82) is 0 Å². The molecule has 0 fully saturated rings. The van der Waals surface area contributed by atoms with Crippen molar-refractivity contribution in [2.45, 2.75) is 6.10 Å². The van der Waals surface area contributed by atoms with Crippen molar-refractivity contribution >= 4 is 0 Å². The summed E-state index contributed by atoms with van der Waals surface area (Å²) in [6.07, 6.45) is -0.394. The van der Waals surface area contributed by atoms with Crippen LogP contribution in [0.25, 0.3) is 0 Å². The minimum absolute atomic E-state index is 0. The first kappa shape index (κ1) is 12.7. The molecule has 0 radical (unpaired) electrons. The summed E-state index contributed by atoms with van der Waals surface area (Å²) in [5.74, 6) is 0. The topological polar surface area (TPSA) is 23.5 Å². The van der Waals surface area contributed by atoms with Gasteiger partial charge in [0.05, 0.1) is 6.10 Å². The molecule has 1 unspecified atom stereocenters. The summed E-state index contributed by atoms with van der Waals surface area (Å²) < 4.78 is 0. The average molecular weight is 171 g/mol. The SMILES string of the molecule is CN(C)CC(O)c1cc[c-]cc1.[Li+]. The number of likely N-dealkylation sites (N-methyl/N-ethyl adjacent to an activating group) is 1. The first-order valence-electron chi connectivity index (χ1n) is 3.99. The standard InChI is InChI=1S/C10H14NO.Li/c1-11(2)8-10(12)9-6-4-3-5-7-9;/h4-7,10,12H,8H2,1-2H3;/q-1;+1. The summed E-state index contributed by atoms with van der Waals surface area (Å²) >= 11 is 0. The quantitative estimate of drug-likeness (QED) is 0.423. The van der Waals surface area contributed by atoms with Gasteiger partial charge in [-0.15, -0.1) is 5.56 Å². The maximum Gasteiger partial charge on any atom is 1.00 e. The Morgan fingerprint density at radius 1 is 1.38 bits per heavy atom. The summed E-state index contributed by atoms with van der Waals surface area (Å²) in [5.41, 5.74) is 0.947. The predicted molar refractivity (Wildman–Crippen MR) is 48.8 cm³/mol. The maximum absolute atomic E-state index is 9.64. The van der Waals surface area contributed by atoms with Gasteiger partial charge >= 0.3 is 18.9 Å². The van der Waals surface area contributed by atoms with E-state index in [2.05, 4.69) is 6.07 Å². The Labute approximate surface area is 91.7 Å². The van der Waals surface area contributed by atoms with Gasteiger partial charge in [-0.25, -0.2) is 0 Å². The molecule has 66 valence electrons. The summed E-state index contributed by atoms with van der Waals surface area (Å²) in [5, 5.41) is 9.64. The van der Waals surface area contributed by atoms with Crippen molar-refractivity contribution in [2.75, 3.05) is 20.6 Å². The monoisotopic (exact) mass is 171 g/mol. The van der Waals surface area contributed by atoms with E-state index in [1.165, 1.54) is 0 Å². The van der Waals surface area contributed by atoms with Crippen molar-refractivity contribution in [3.63, 3.8) is 0 Å². The van der Waals surface area contributed by atoms with Gasteiger partial charge < -0.3 is 10.0 Å². The third-order valence-electron chi connectivity index (χ3n) is 1.67. The van der Waals surface area contributed by atoms with Crippen molar-refractivity contribution in [2.24, 2.45) is 0 Å². The van der Waals surface area contributed by atoms with Crippen molar-refractivity contribution < 1.29 is 24.0 Å². The molecule has 0 saturated heterocycles. The van der Waals surface area contributed by atoms with E-state index in [0.717, 1.165) is 5.56 Å². The molecular weight excluding hydrogens is 157 g/mol. The van der Waals surface area contributed by atoms with Gasteiger partial charge in [-0.05, 0) is 14.1 Å². The number of aliphatic hydroxyl groups is 1. The maximum atomic E-state index is 9.64. The molecule has 0 aliphatic rings. The fourth-order valence-electron chi connectivity index (χ4n) is 1.07. The van der Waals surface area contributed by atoms with Crippen LogP contribution in [0.15, 0.2) is 24.3 Å². The molecule has 0 bridgehead atoms. The molecule has 1 atom stereocenters. The van der Waals surface area contributed by atoms with E-state index in [4.69, 9.17) is 0 Å². The van der Waals surface area contributed by atoms with Gasteiger partial charge in [0.2, 0.25) is 0 Å². The van der Waals surface area contributed by atoms with Crippen LogP contribution in [0.2, 0.25) is 0 Å². The van der Waals surface area contributed by atoms with Crippen LogP contribution >= 0.6 is 0 Å². The van der Waals surface area contributed by atoms with E-state index in [9.17, 15) is 5.11 Å². The van der Waals surface area contributed by atoms with Crippen LogP contribution in [0, 0.1) is 6.07 Å². The fraction of sp³-hybridized carbons (Fsp3) is 0.400. The van der Waals surface area contributed by atoms with Gasteiger partial charge in [-0.3, -0.25) is 0 Å². The van der Waals surface area contributed by atoms with Crippen LogP contribution in [0.4, 0.5) is 0 Å². The summed E-state index contributed by atoms with van der Waals surface area (Å²) in [6.45, 7) is 0.657. The first-order chi connectivity index (χ1) is 5.70. The largest absolute Gasteiger partial charge is 1.00 e. The Hall–Kier alpha value is -0.263. The van der Waals surface area contributed by atoms with Crippen LogP contribution in [0.3, 0.4) is 0 Å². The van der Waals surface area contributed by atoms with E-state index < -0.39 is 6.10 Å². The number of hydrogen-bond donors (Lipinski definition) is 1. The van der Waals surface area contributed by atoms with Gasteiger partial charge in [-0.1, -0.05) is 0 Å². The van der Waals surface area contributed by atoms with Crippen LogP contribution in [0.1, 0.15) is 11.7 Å². The molecule has 0 aromatic heterocycles. The molecule has 0 spiro atoms. The molecule has 2 nitrogen and oxygen atoms in total. The van der Waals surface area contributed by atoms with Crippen molar-refractivity contribution in [1.82, 2.24) is 4.90 Å². The normalized spacial score (nSPS) is 12.3. The van der Waals surface area contributed by atoms with E-state index in [1.807, 2.05) is 43.3 Å². The predicted octanol–water partition coefficient (Wildman–Crippen LogP) is -1.91. The number of hydrogen-bond acceptors (Lipinski definition) is 2. The van der Waals surface area contributed by atoms with Gasteiger partial charge in [0.1, 0.15) is 0 Å². The van der Waals surface area contributed by atoms with Crippen LogP contribution in [-0.4, -0.2) is 30.6 Å². The molecule has 0 heterocycles. The minimum Gasteiger partial charge on any atom is -0.389 e. The molecule has 1 rings (SSSR count). The third-order valence-corrected chi connectivity index (χ3v) is 1.67. The Bertz CT molecular complexity index is 226. The molecule has 1 aromatic rings. The molecule has 13 heavy (non-hydrogen) atoms. The van der Waals surface area contributed by atoms with Gasteiger partial charge in [0.25, 0.3) is 0 Å². The molecule has 0 saturated carbocycles. The molecule has 3 heteroatoms. The van der Waals surface area contributed by atoms with E-state index in [0.29, 0.717) is 6.54 Å². The van der Waals surface area contributed by atoms with E-state index in [-0.39, 0.29) is 18.9 Å². The zero-order valence-electron chi connectivity index (χ0n) is 8.49. The van der Waals surface area contributed by atoms with Gasteiger partial charge in [0, 0.05) is 6.54 Å². The zero-order chi connectivity index (χ0) is 8.97. The molecule has 0 aliphatic heterocycles. The summed E-state index contributed by atoms with van der Waals surface area (Å²) in [4.78, 5) is 1.96. The van der Waals surface area contributed by atoms with Crippen LogP contribution < -0.4 is 18.9 Å². The second-order valence-electron chi connectivity index (χ2n) is 3.11. The molecule has 1 aromatic carbocycles. The smallest absolute Gasteiger partial charge is 0.389 e. The second kappa shape index (κ2) is 6.23. The molecule has 1 N–H and O–H groups in total. The molecule has 0 amide bonds. The van der Waals surface area contributed by atoms with E-state index >= 15 is 0 Å². The number of aliphatic hydroxyl groups excluding tert-OH is 1. The Morgan fingerprint density at radius 2 is 1.92 bits per heavy atom. The fourth-order valence-corrected chi connectivity index (χ4v) is 1.07. The summed E-state index contributed by atoms with van der Waals surface area (Å²) in [7, 11) is 3.89. The molecular formula is C10H14LiNO. The second-order valence-corrected chi connectivity index (χ2v) is 3.11. The van der Waals surface area contributed by atoms with E-state index in [1.54, 1.807) is 0 Å². The van der Waals surface area contributed by atoms with Gasteiger partial charge in [-0.2, -0.15) is 30.3 Å². The van der Waals surface area contributed by atoms with Crippen LogP contribution in [-0.2, 0) is 0 Å². The number of rotatable bonds is 3. The molecule has 0 aliphatic carbocycles. The van der Waals surface area contributed by atoms with Gasteiger partial charge in [0.15, 0.2) is 0 Å².